The summed E-state index contributed by atoms with van der Waals surface area (Å²) in [6.07, 6.45) is 1.91. The Morgan fingerprint density at radius 3 is 1.85 bits per heavy atom. The highest BCUT2D eigenvalue weighted by Crippen LogP contribution is 2.05. The molecule has 0 aromatic rings. The van der Waals surface area contributed by atoms with Crippen molar-refractivity contribution in [1.82, 2.24) is 0 Å². The van der Waals surface area contributed by atoms with Gasteiger partial charge in [-0.05, 0) is 19.8 Å². The van der Waals surface area contributed by atoms with Gasteiger partial charge in [-0.15, -0.1) is 0 Å². The Morgan fingerprint density at radius 2 is 1.54 bits per heavy atom. The molecule has 3 nitrogen and oxygen atoms in total. The lowest BCUT2D eigenvalue weighted by Gasteiger charge is -2.19. The van der Waals surface area contributed by atoms with Crippen molar-refractivity contribution in [3.05, 3.63) is 0 Å². The first-order chi connectivity index (χ1) is 6.20. The van der Waals surface area contributed by atoms with Crippen molar-refractivity contribution in [2.24, 2.45) is 0 Å². The van der Waals surface area contributed by atoms with Gasteiger partial charge < -0.3 is 14.6 Å². The minimum Gasteiger partial charge on any atom is -0.393 e. The molecule has 13 heavy (non-hydrogen) atoms. The fourth-order valence-electron chi connectivity index (χ4n) is 0.961. The molecule has 0 aliphatic carbocycles. The smallest absolute Gasteiger partial charge is 0.160 e. The second-order valence-electron chi connectivity index (χ2n) is 3.26. The van der Waals surface area contributed by atoms with Crippen LogP contribution in [-0.4, -0.2) is 30.7 Å². The number of hydrogen-bond acceptors (Lipinski definition) is 3. The minimum absolute atomic E-state index is 0.236. The van der Waals surface area contributed by atoms with Crippen molar-refractivity contribution in [2.75, 3.05) is 13.2 Å². The SMILES string of the molecule is CCCOC(CC(C)O)OCCC. The van der Waals surface area contributed by atoms with E-state index in [9.17, 15) is 0 Å². The van der Waals surface area contributed by atoms with E-state index in [1.807, 2.05) is 0 Å². The molecule has 0 aromatic carbocycles. The van der Waals surface area contributed by atoms with Crippen molar-refractivity contribution in [2.45, 2.75) is 52.4 Å². The Bertz CT molecular complexity index is 96.3. The van der Waals surface area contributed by atoms with Crippen molar-refractivity contribution in [3.8, 4) is 0 Å². The lowest BCUT2D eigenvalue weighted by atomic mass is 10.3. The number of ether oxygens (including phenoxy) is 2. The van der Waals surface area contributed by atoms with E-state index in [1.54, 1.807) is 6.92 Å². The molecule has 80 valence electrons. The van der Waals surface area contributed by atoms with Crippen molar-refractivity contribution < 1.29 is 14.6 Å². The van der Waals surface area contributed by atoms with E-state index in [1.165, 1.54) is 0 Å². The highest BCUT2D eigenvalue weighted by Gasteiger charge is 2.11. The van der Waals surface area contributed by atoms with Crippen molar-refractivity contribution in [1.29, 1.82) is 0 Å². The summed E-state index contributed by atoms with van der Waals surface area (Å²) < 4.78 is 10.8. The molecular weight excluding hydrogens is 168 g/mol. The Labute approximate surface area is 81.0 Å². The summed E-state index contributed by atoms with van der Waals surface area (Å²) in [5.41, 5.74) is 0. The summed E-state index contributed by atoms with van der Waals surface area (Å²) in [4.78, 5) is 0. The predicted octanol–water partition coefficient (Wildman–Crippen LogP) is 1.94. The monoisotopic (exact) mass is 190 g/mol. The topological polar surface area (TPSA) is 38.7 Å². The maximum atomic E-state index is 9.16. The molecular formula is C10H22O3. The number of hydrogen-bond donors (Lipinski definition) is 1. The molecule has 1 unspecified atom stereocenters. The number of aliphatic hydroxyl groups is 1. The van der Waals surface area contributed by atoms with Gasteiger partial charge in [-0.25, -0.2) is 0 Å². The molecule has 0 saturated heterocycles. The Balaban J connectivity index is 3.60. The van der Waals surface area contributed by atoms with E-state index in [0.29, 0.717) is 19.6 Å². The maximum absolute atomic E-state index is 9.16. The third-order valence-corrected chi connectivity index (χ3v) is 1.55. The first-order valence-electron chi connectivity index (χ1n) is 5.12. The third kappa shape index (κ3) is 8.22. The van der Waals surface area contributed by atoms with Gasteiger partial charge in [-0.2, -0.15) is 0 Å². The summed E-state index contributed by atoms with van der Waals surface area (Å²) in [6, 6.07) is 0. The molecule has 0 fully saturated rings. The molecule has 3 heteroatoms. The molecule has 0 saturated carbocycles. The van der Waals surface area contributed by atoms with Crippen LogP contribution >= 0.6 is 0 Å². The van der Waals surface area contributed by atoms with Crippen LogP contribution in [0.1, 0.15) is 40.0 Å². The quantitative estimate of drug-likeness (QED) is 0.594. The van der Waals surface area contributed by atoms with E-state index >= 15 is 0 Å². The van der Waals surface area contributed by atoms with E-state index in [4.69, 9.17) is 14.6 Å². The van der Waals surface area contributed by atoms with Gasteiger partial charge in [0.1, 0.15) is 0 Å². The lowest BCUT2D eigenvalue weighted by Crippen LogP contribution is -2.23. The molecule has 0 amide bonds. The molecule has 0 heterocycles. The Morgan fingerprint density at radius 1 is 1.08 bits per heavy atom. The highest BCUT2D eigenvalue weighted by atomic mass is 16.7. The van der Waals surface area contributed by atoms with Gasteiger partial charge in [-0.1, -0.05) is 13.8 Å². The standard InChI is InChI=1S/C10H22O3/c1-4-6-12-10(8-9(3)11)13-7-5-2/h9-11H,4-8H2,1-3H3. The van der Waals surface area contributed by atoms with E-state index < -0.39 is 0 Å². The van der Waals surface area contributed by atoms with Gasteiger partial charge in [0.2, 0.25) is 0 Å². The van der Waals surface area contributed by atoms with Crippen LogP contribution in [0.15, 0.2) is 0 Å². The molecule has 0 aliphatic heterocycles. The lowest BCUT2D eigenvalue weighted by molar-refractivity contribution is -0.156. The molecule has 0 spiro atoms. The molecule has 0 aromatic heterocycles. The summed E-state index contributed by atoms with van der Waals surface area (Å²) in [6.45, 7) is 7.25. The fraction of sp³-hybridized carbons (Fsp3) is 1.00. The van der Waals surface area contributed by atoms with Gasteiger partial charge >= 0.3 is 0 Å². The van der Waals surface area contributed by atoms with Gasteiger partial charge in [0.05, 0.1) is 6.10 Å². The summed E-state index contributed by atoms with van der Waals surface area (Å²) in [7, 11) is 0. The fourth-order valence-corrected chi connectivity index (χ4v) is 0.961. The molecule has 1 atom stereocenters. The number of rotatable bonds is 8. The van der Waals surface area contributed by atoms with Crippen molar-refractivity contribution >= 4 is 0 Å². The van der Waals surface area contributed by atoms with Crippen LogP contribution in [0.4, 0.5) is 0 Å². The highest BCUT2D eigenvalue weighted by molar-refractivity contribution is 4.52. The summed E-state index contributed by atoms with van der Waals surface area (Å²) in [5, 5.41) is 9.16. The van der Waals surface area contributed by atoms with Crippen LogP contribution in [0.3, 0.4) is 0 Å². The molecule has 0 rings (SSSR count). The average Bonchev–Trinajstić information content (AvgIpc) is 2.09. The minimum atomic E-state index is -0.362. The van der Waals surface area contributed by atoms with Gasteiger partial charge in [0.25, 0.3) is 0 Å². The average molecular weight is 190 g/mol. The van der Waals surface area contributed by atoms with Crippen LogP contribution in [0.25, 0.3) is 0 Å². The summed E-state index contributed by atoms with van der Waals surface area (Å²) >= 11 is 0. The van der Waals surface area contributed by atoms with Crippen molar-refractivity contribution in [3.63, 3.8) is 0 Å². The summed E-state index contributed by atoms with van der Waals surface area (Å²) in [5.74, 6) is 0. The predicted molar refractivity (Wildman–Crippen MR) is 52.6 cm³/mol. The Hall–Kier alpha value is -0.120. The normalized spacial score (nSPS) is 13.6. The Kier molecular flexibility index (Phi) is 8.40. The second kappa shape index (κ2) is 8.48. The molecule has 1 N–H and O–H groups in total. The molecule has 0 bridgehead atoms. The van der Waals surface area contributed by atoms with Gasteiger partial charge in [-0.3, -0.25) is 0 Å². The largest absolute Gasteiger partial charge is 0.393 e. The van der Waals surface area contributed by atoms with Crippen LogP contribution < -0.4 is 0 Å². The van der Waals surface area contributed by atoms with E-state index in [-0.39, 0.29) is 12.4 Å². The zero-order valence-electron chi connectivity index (χ0n) is 8.95. The van der Waals surface area contributed by atoms with Crippen LogP contribution in [0, 0.1) is 0 Å². The van der Waals surface area contributed by atoms with Gasteiger partial charge in [0.15, 0.2) is 6.29 Å². The molecule has 0 radical (unpaired) electrons. The maximum Gasteiger partial charge on any atom is 0.160 e. The molecule has 0 aliphatic rings. The van der Waals surface area contributed by atoms with E-state index in [0.717, 1.165) is 12.8 Å². The number of aliphatic hydroxyl groups excluding tert-OH is 1. The second-order valence-corrected chi connectivity index (χ2v) is 3.26. The first kappa shape index (κ1) is 12.9. The van der Waals surface area contributed by atoms with Crippen LogP contribution in [0.5, 0.6) is 0 Å². The van der Waals surface area contributed by atoms with Crippen LogP contribution in [-0.2, 0) is 9.47 Å². The zero-order chi connectivity index (χ0) is 10.1. The first-order valence-corrected chi connectivity index (χ1v) is 5.12. The third-order valence-electron chi connectivity index (χ3n) is 1.55. The van der Waals surface area contributed by atoms with Crippen LogP contribution in [0.2, 0.25) is 0 Å². The van der Waals surface area contributed by atoms with E-state index in [2.05, 4.69) is 13.8 Å². The zero-order valence-corrected chi connectivity index (χ0v) is 8.95. The van der Waals surface area contributed by atoms with Gasteiger partial charge in [0, 0.05) is 19.6 Å².